The molecule has 2 saturated heterocycles. The number of piperidine rings is 1. The number of hydrogen-bond acceptors (Lipinski definition) is 4. The lowest BCUT2D eigenvalue weighted by atomic mass is 9.81. The summed E-state index contributed by atoms with van der Waals surface area (Å²) in [7, 11) is 0. The van der Waals surface area contributed by atoms with Crippen LogP contribution in [0.3, 0.4) is 0 Å². The highest BCUT2D eigenvalue weighted by atomic mass is 19.1. The predicted octanol–water partition coefficient (Wildman–Crippen LogP) is 3.66. The molecule has 0 spiro atoms. The van der Waals surface area contributed by atoms with Crippen LogP contribution in [0.5, 0.6) is 0 Å². The van der Waals surface area contributed by atoms with Gasteiger partial charge in [-0.1, -0.05) is 6.07 Å². The Hall–Kier alpha value is -1.95. The monoisotopic (exact) mass is 377 g/mol. The SMILES string of the molecule is Cc1cc(F)ccc1CC(=O)C1CC2COCC(C1)N2C(=O)OC(C)(C)C. The number of carbonyl (C=O) groups excluding carboxylic acids is 2. The summed E-state index contributed by atoms with van der Waals surface area (Å²) in [5, 5.41) is 0. The standard InChI is InChI=1S/C21H28FNO4/c1-13-7-16(22)6-5-14(13)10-19(24)15-8-17-11-26-12-18(9-15)23(17)20(25)27-21(2,3)4/h5-7,15,17-18H,8-12H2,1-4H3. The van der Waals surface area contributed by atoms with Crippen molar-refractivity contribution in [2.75, 3.05) is 13.2 Å². The minimum atomic E-state index is -0.557. The first kappa shape index (κ1) is 19.8. The maximum Gasteiger partial charge on any atom is 0.410 e. The number of nitrogens with zero attached hydrogens (tertiary/aromatic N) is 1. The first-order valence-electron chi connectivity index (χ1n) is 9.51. The van der Waals surface area contributed by atoms with E-state index in [9.17, 15) is 14.0 Å². The lowest BCUT2D eigenvalue weighted by Crippen LogP contribution is -2.60. The van der Waals surface area contributed by atoms with Gasteiger partial charge < -0.3 is 9.47 Å². The van der Waals surface area contributed by atoms with Crippen LogP contribution in [0.15, 0.2) is 18.2 Å². The summed E-state index contributed by atoms with van der Waals surface area (Å²) >= 11 is 0. The lowest BCUT2D eigenvalue weighted by molar-refractivity contribution is -0.131. The third kappa shape index (κ3) is 4.67. The number of ether oxygens (including phenoxy) is 2. The fraction of sp³-hybridized carbons (Fsp3) is 0.619. The molecule has 0 N–H and O–H groups in total. The normalized spacial score (nSPS) is 25.2. The van der Waals surface area contributed by atoms with Gasteiger partial charge in [0.1, 0.15) is 17.2 Å². The molecule has 2 fully saturated rings. The van der Waals surface area contributed by atoms with Crippen molar-refractivity contribution in [3.8, 4) is 0 Å². The fourth-order valence-electron chi connectivity index (χ4n) is 3.98. The van der Waals surface area contributed by atoms with E-state index in [0.717, 1.165) is 11.1 Å². The van der Waals surface area contributed by atoms with Crippen molar-refractivity contribution in [3.05, 3.63) is 35.1 Å². The van der Waals surface area contributed by atoms with Crippen molar-refractivity contribution in [1.29, 1.82) is 0 Å². The largest absolute Gasteiger partial charge is 0.444 e. The molecule has 2 aliphatic heterocycles. The van der Waals surface area contributed by atoms with Crippen LogP contribution < -0.4 is 0 Å². The molecule has 1 aromatic carbocycles. The van der Waals surface area contributed by atoms with Crippen molar-refractivity contribution < 1.29 is 23.5 Å². The minimum Gasteiger partial charge on any atom is -0.444 e. The quantitative estimate of drug-likeness (QED) is 0.807. The van der Waals surface area contributed by atoms with Crippen LogP contribution in [-0.2, 0) is 20.7 Å². The van der Waals surface area contributed by atoms with Crippen molar-refractivity contribution in [3.63, 3.8) is 0 Å². The number of amides is 1. The van der Waals surface area contributed by atoms with Gasteiger partial charge in [0.15, 0.2) is 0 Å². The lowest BCUT2D eigenvalue weighted by Gasteiger charge is -2.47. The number of rotatable bonds is 3. The van der Waals surface area contributed by atoms with Gasteiger partial charge in [0, 0.05) is 12.3 Å². The fourth-order valence-corrected chi connectivity index (χ4v) is 3.98. The van der Waals surface area contributed by atoms with Crippen molar-refractivity contribution in [2.45, 2.75) is 64.6 Å². The molecule has 0 aromatic heterocycles. The number of fused-ring (bicyclic) bond motifs is 2. The number of Topliss-reactive ketones (excluding diaryl/α,β-unsaturated/α-hetero) is 1. The summed E-state index contributed by atoms with van der Waals surface area (Å²) in [6.45, 7) is 8.21. The first-order chi connectivity index (χ1) is 12.6. The van der Waals surface area contributed by atoms with Gasteiger partial charge in [0.05, 0.1) is 25.3 Å². The first-order valence-corrected chi connectivity index (χ1v) is 9.51. The van der Waals surface area contributed by atoms with E-state index in [-0.39, 0.29) is 35.7 Å². The van der Waals surface area contributed by atoms with Crippen LogP contribution in [0.2, 0.25) is 0 Å². The molecular weight excluding hydrogens is 349 g/mol. The molecule has 2 unspecified atom stereocenters. The highest BCUT2D eigenvalue weighted by Gasteiger charge is 2.44. The van der Waals surface area contributed by atoms with Crippen LogP contribution in [0.1, 0.15) is 44.7 Å². The average molecular weight is 377 g/mol. The summed E-state index contributed by atoms with van der Waals surface area (Å²) in [6, 6.07) is 4.24. The Morgan fingerprint density at radius 3 is 2.41 bits per heavy atom. The maximum absolute atomic E-state index is 13.3. The number of morpholine rings is 1. The molecule has 27 heavy (non-hydrogen) atoms. The van der Waals surface area contributed by atoms with E-state index in [2.05, 4.69) is 0 Å². The highest BCUT2D eigenvalue weighted by molar-refractivity contribution is 5.84. The molecule has 148 valence electrons. The third-order valence-electron chi connectivity index (χ3n) is 5.25. The van der Waals surface area contributed by atoms with E-state index in [1.165, 1.54) is 12.1 Å². The average Bonchev–Trinajstić information content (AvgIpc) is 2.54. The zero-order valence-corrected chi connectivity index (χ0v) is 16.5. The maximum atomic E-state index is 13.3. The molecule has 1 amide bonds. The Labute approximate surface area is 159 Å². The summed E-state index contributed by atoms with van der Waals surface area (Å²) in [6.07, 6.45) is 1.12. The Balaban J connectivity index is 1.68. The molecule has 1 aromatic rings. The molecule has 3 rings (SSSR count). The van der Waals surface area contributed by atoms with E-state index in [4.69, 9.17) is 9.47 Å². The molecule has 5 nitrogen and oxygen atoms in total. The van der Waals surface area contributed by atoms with Crippen LogP contribution in [0.25, 0.3) is 0 Å². The molecule has 2 bridgehead atoms. The van der Waals surface area contributed by atoms with Gasteiger partial charge in [0.2, 0.25) is 0 Å². The molecule has 0 saturated carbocycles. The second kappa shape index (κ2) is 7.58. The molecule has 2 atom stereocenters. The topological polar surface area (TPSA) is 55.8 Å². The number of benzene rings is 1. The van der Waals surface area contributed by atoms with E-state index < -0.39 is 5.60 Å². The Morgan fingerprint density at radius 1 is 1.22 bits per heavy atom. The number of ketones is 1. The second-order valence-corrected chi connectivity index (χ2v) is 8.61. The second-order valence-electron chi connectivity index (χ2n) is 8.61. The Bertz CT molecular complexity index is 713. The predicted molar refractivity (Wildman–Crippen MR) is 99.0 cm³/mol. The number of hydrogen-bond donors (Lipinski definition) is 0. The Kier molecular flexibility index (Phi) is 5.56. The van der Waals surface area contributed by atoms with E-state index in [1.54, 1.807) is 11.0 Å². The minimum absolute atomic E-state index is 0.118. The van der Waals surface area contributed by atoms with Crippen molar-refractivity contribution in [1.82, 2.24) is 4.90 Å². The van der Waals surface area contributed by atoms with Gasteiger partial charge in [-0.15, -0.1) is 0 Å². The summed E-state index contributed by atoms with van der Waals surface area (Å²) in [4.78, 5) is 27.2. The van der Waals surface area contributed by atoms with Crippen LogP contribution >= 0.6 is 0 Å². The molecule has 2 heterocycles. The zero-order valence-electron chi connectivity index (χ0n) is 16.5. The van der Waals surface area contributed by atoms with Crippen molar-refractivity contribution >= 4 is 11.9 Å². The molecule has 0 radical (unpaired) electrons. The van der Waals surface area contributed by atoms with Crippen LogP contribution in [0, 0.1) is 18.7 Å². The summed E-state index contributed by atoms with van der Waals surface area (Å²) < 4.78 is 24.4. The number of halogens is 1. The molecule has 6 heteroatoms. The van der Waals surface area contributed by atoms with Gasteiger partial charge in [0.25, 0.3) is 0 Å². The van der Waals surface area contributed by atoms with Gasteiger partial charge in [-0.3, -0.25) is 9.69 Å². The summed E-state index contributed by atoms with van der Waals surface area (Å²) in [5.41, 5.74) is 1.09. The van der Waals surface area contributed by atoms with E-state index in [1.807, 2.05) is 27.7 Å². The van der Waals surface area contributed by atoms with Gasteiger partial charge in [-0.25, -0.2) is 9.18 Å². The molecule has 2 aliphatic rings. The number of aryl methyl sites for hydroxylation is 1. The van der Waals surface area contributed by atoms with Crippen molar-refractivity contribution in [2.24, 2.45) is 5.92 Å². The number of carbonyl (C=O) groups is 2. The van der Waals surface area contributed by atoms with Crippen LogP contribution in [-0.4, -0.2) is 47.7 Å². The third-order valence-corrected chi connectivity index (χ3v) is 5.25. The zero-order chi connectivity index (χ0) is 19.8. The smallest absolute Gasteiger partial charge is 0.410 e. The van der Waals surface area contributed by atoms with Gasteiger partial charge in [-0.2, -0.15) is 0 Å². The molecule has 0 aliphatic carbocycles. The van der Waals surface area contributed by atoms with E-state index in [0.29, 0.717) is 32.5 Å². The van der Waals surface area contributed by atoms with Gasteiger partial charge >= 0.3 is 6.09 Å². The van der Waals surface area contributed by atoms with Crippen LogP contribution in [0.4, 0.5) is 9.18 Å². The highest BCUT2D eigenvalue weighted by Crippen LogP contribution is 2.34. The summed E-state index contributed by atoms with van der Waals surface area (Å²) in [5.74, 6) is -0.265. The van der Waals surface area contributed by atoms with Gasteiger partial charge in [-0.05, 0) is 63.8 Å². The van der Waals surface area contributed by atoms with E-state index >= 15 is 0 Å². The Morgan fingerprint density at radius 2 is 1.85 bits per heavy atom. The molecular formula is C21H28FNO4.